The van der Waals surface area contributed by atoms with Crippen LogP contribution in [-0.2, 0) is 13.5 Å². The van der Waals surface area contributed by atoms with E-state index in [4.69, 9.17) is 5.73 Å². The fourth-order valence-electron chi connectivity index (χ4n) is 3.39. The first-order valence-corrected chi connectivity index (χ1v) is 8.08. The Kier molecular flexibility index (Phi) is 3.47. The van der Waals surface area contributed by atoms with Gasteiger partial charge in [-0.15, -0.1) is 0 Å². The number of rotatable bonds is 3. The van der Waals surface area contributed by atoms with Crippen molar-refractivity contribution in [2.75, 3.05) is 6.54 Å². The van der Waals surface area contributed by atoms with Gasteiger partial charge in [0.1, 0.15) is 0 Å². The summed E-state index contributed by atoms with van der Waals surface area (Å²) in [6, 6.07) is 15.8. The topological polar surface area (TPSA) is 53.0 Å². The molecule has 4 aromatic rings. The van der Waals surface area contributed by atoms with Gasteiger partial charge in [0.2, 0.25) is 0 Å². The molecule has 120 valence electrons. The molecule has 2 N–H and O–H groups in total. The van der Waals surface area contributed by atoms with Crippen molar-refractivity contribution in [1.29, 1.82) is 0 Å². The van der Waals surface area contributed by atoms with Crippen LogP contribution < -0.4 is 5.73 Å². The van der Waals surface area contributed by atoms with Crippen LogP contribution in [0.25, 0.3) is 21.8 Å². The molecule has 0 bridgehead atoms. The number of carbonyl (C=O) groups excluding carboxylic acids is 1. The second-order valence-corrected chi connectivity index (χ2v) is 6.05. The Hall–Kier alpha value is -2.85. The maximum atomic E-state index is 13.2. The van der Waals surface area contributed by atoms with Crippen LogP contribution in [-0.4, -0.2) is 21.6 Å². The predicted octanol–water partition coefficient (Wildman–Crippen LogP) is 3.32. The summed E-state index contributed by atoms with van der Waals surface area (Å²) in [7, 11) is 1.99. The number of fused-ring (bicyclic) bond motifs is 2. The third-order valence-electron chi connectivity index (χ3n) is 4.59. The number of hydrogen-bond acceptors (Lipinski definition) is 2. The minimum Gasteiger partial charge on any atom is -0.351 e. The molecule has 4 nitrogen and oxygen atoms in total. The Morgan fingerprint density at radius 2 is 1.79 bits per heavy atom. The van der Waals surface area contributed by atoms with Gasteiger partial charge in [0.15, 0.2) is 0 Å². The Morgan fingerprint density at radius 1 is 1.00 bits per heavy atom. The molecule has 0 saturated carbocycles. The fourth-order valence-corrected chi connectivity index (χ4v) is 3.39. The molecule has 0 spiro atoms. The molecule has 0 aliphatic heterocycles. The summed E-state index contributed by atoms with van der Waals surface area (Å²) in [6.45, 7) is 0.566. The predicted molar refractivity (Wildman–Crippen MR) is 97.3 cm³/mol. The van der Waals surface area contributed by atoms with Crippen molar-refractivity contribution in [2.45, 2.75) is 6.42 Å². The lowest BCUT2D eigenvalue weighted by molar-refractivity contribution is 0.0966. The summed E-state index contributed by atoms with van der Waals surface area (Å²) in [5.41, 5.74) is 9.54. The molecule has 4 rings (SSSR count). The standard InChI is InChI=1S/C20H19N3O/c1-22-12-10-16-17(6-4-8-18(16)22)20(24)23-13-14(9-11-21)15-5-2-3-7-19(15)23/h2-8,10,12-13H,9,11,21H2,1H3. The molecule has 0 aliphatic rings. The van der Waals surface area contributed by atoms with Crippen molar-refractivity contribution < 1.29 is 4.79 Å². The fraction of sp³-hybridized carbons (Fsp3) is 0.150. The summed E-state index contributed by atoms with van der Waals surface area (Å²) >= 11 is 0. The van der Waals surface area contributed by atoms with E-state index in [2.05, 4.69) is 0 Å². The second-order valence-electron chi connectivity index (χ2n) is 6.05. The highest BCUT2D eigenvalue weighted by molar-refractivity contribution is 6.10. The van der Waals surface area contributed by atoms with Crippen LogP contribution in [0.5, 0.6) is 0 Å². The van der Waals surface area contributed by atoms with Gasteiger partial charge in [0, 0.05) is 41.3 Å². The molecular weight excluding hydrogens is 298 g/mol. The maximum Gasteiger partial charge on any atom is 0.263 e. The van der Waals surface area contributed by atoms with E-state index in [-0.39, 0.29) is 5.91 Å². The van der Waals surface area contributed by atoms with Gasteiger partial charge in [-0.2, -0.15) is 0 Å². The highest BCUT2D eigenvalue weighted by Gasteiger charge is 2.17. The van der Waals surface area contributed by atoms with Gasteiger partial charge in [-0.05, 0) is 42.8 Å². The van der Waals surface area contributed by atoms with Gasteiger partial charge < -0.3 is 10.3 Å². The van der Waals surface area contributed by atoms with E-state index in [0.29, 0.717) is 12.1 Å². The van der Waals surface area contributed by atoms with Gasteiger partial charge in [-0.25, -0.2) is 0 Å². The minimum absolute atomic E-state index is 0.00808. The zero-order valence-corrected chi connectivity index (χ0v) is 13.6. The number of benzene rings is 2. The highest BCUT2D eigenvalue weighted by atomic mass is 16.2. The first kappa shape index (κ1) is 14.7. The average Bonchev–Trinajstić information content (AvgIpc) is 3.17. The van der Waals surface area contributed by atoms with Crippen molar-refractivity contribution in [3.05, 3.63) is 72.1 Å². The molecule has 0 atom stereocenters. The summed E-state index contributed by atoms with van der Waals surface area (Å²) in [5, 5.41) is 2.07. The Labute approximate surface area is 140 Å². The summed E-state index contributed by atoms with van der Waals surface area (Å²) in [6.07, 6.45) is 4.67. The third-order valence-corrected chi connectivity index (χ3v) is 4.59. The molecule has 0 amide bonds. The van der Waals surface area contributed by atoms with E-state index < -0.39 is 0 Å². The summed E-state index contributed by atoms with van der Waals surface area (Å²) in [4.78, 5) is 13.2. The van der Waals surface area contributed by atoms with E-state index in [1.54, 1.807) is 4.57 Å². The van der Waals surface area contributed by atoms with Gasteiger partial charge >= 0.3 is 0 Å². The van der Waals surface area contributed by atoms with Crippen LogP contribution in [0.4, 0.5) is 0 Å². The average molecular weight is 317 g/mol. The number of nitrogens with zero attached hydrogens (tertiary/aromatic N) is 2. The Bertz CT molecular complexity index is 1060. The zero-order chi connectivity index (χ0) is 16.7. The quantitative estimate of drug-likeness (QED) is 0.630. The Morgan fingerprint density at radius 3 is 2.62 bits per heavy atom. The van der Waals surface area contributed by atoms with Gasteiger partial charge in [0.05, 0.1) is 5.52 Å². The number of carbonyl (C=O) groups is 1. The zero-order valence-electron chi connectivity index (χ0n) is 13.6. The molecule has 0 aliphatic carbocycles. The lowest BCUT2D eigenvalue weighted by Gasteiger charge is -2.06. The van der Waals surface area contributed by atoms with Crippen LogP contribution in [0.2, 0.25) is 0 Å². The van der Waals surface area contributed by atoms with Crippen LogP contribution in [0, 0.1) is 0 Å². The molecule has 0 fully saturated rings. The number of hydrogen-bond donors (Lipinski definition) is 1. The van der Waals surface area contributed by atoms with Crippen molar-refractivity contribution in [1.82, 2.24) is 9.13 Å². The SMILES string of the molecule is Cn1ccc2c(C(=O)n3cc(CCN)c4ccccc43)cccc21. The van der Waals surface area contributed by atoms with Crippen molar-refractivity contribution in [3.63, 3.8) is 0 Å². The Balaban J connectivity index is 1.92. The molecule has 2 aromatic heterocycles. The summed E-state index contributed by atoms with van der Waals surface area (Å²) < 4.78 is 3.78. The monoisotopic (exact) mass is 317 g/mol. The van der Waals surface area contributed by atoms with E-state index in [1.807, 2.05) is 72.5 Å². The van der Waals surface area contributed by atoms with Crippen molar-refractivity contribution >= 4 is 27.7 Å². The number of para-hydroxylation sites is 1. The summed E-state index contributed by atoms with van der Waals surface area (Å²) in [5.74, 6) is -0.00808. The smallest absolute Gasteiger partial charge is 0.263 e. The van der Waals surface area contributed by atoms with Crippen LogP contribution in [0.3, 0.4) is 0 Å². The normalized spacial score (nSPS) is 11.4. The second kappa shape index (κ2) is 5.65. The molecule has 24 heavy (non-hydrogen) atoms. The number of aryl methyl sites for hydroxylation is 1. The molecule has 2 aromatic carbocycles. The van der Waals surface area contributed by atoms with E-state index in [9.17, 15) is 4.79 Å². The van der Waals surface area contributed by atoms with Crippen LogP contribution >= 0.6 is 0 Å². The highest BCUT2D eigenvalue weighted by Crippen LogP contribution is 2.25. The van der Waals surface area contributed by atoms with E-state index in [1.165, 1.54) is 0 Å². The van der Waals surface area contributed by atoms with Crippen LogP contribution in [0.1, 0.15) is 15.9 Å². The maximum absolute atomic E-state index is 13.2. The molecule has 2 heterocycles. The lowest BCUT2D eigenvalue weighted by Crippen LogP contribution is -2.11. The first-order chi connectivity index (χ1) is 11.7. The van der Waals surface area contributed by atoms with Gasteiger partial charge in [-0.1, -0.05) is 24.3 Å². The van der Waals surface area contributed by atoms with Gasteiger partial charge in [-0.3, -0.25) is 9.36 Å². The minimum atomic E-state index is -0.00808. The van der Waals surface area contributed by atoms with Crippen molar-refractivity contribution in [3.8, 4) is 0 Å². The molecule has 0 unspecified atom stereocenters. The number of nitrogens with two attached hydrogens (primary N) is 1. The number of aromatic nitrogens is 2. The third kappa shape index (κ3) is 2.15. The van der Waals surface area contributed by atoms with E-state index in [0.717, 1.165) is 33.8 Å². The largest absolute Gasteiger partial charge is 0.351 e. The molecule has 0 radical (unpaired) electrons. The lowest BCUT2D eigenvalue weighted by atomic mass is 10.1. The van der Waals surface area contributed by atoms with Crippen molar-refractivity contribution in [2.24, 2.45) is 12.8 Å². The van der Waals surface area contributed by atoms with Gasteiger partial charge in [0.25, 0.3) is 5.91 Å². The first-order valence-electron chi connectivity index (χ1n) is 8.08. The van der Waals surface area contributed by atoms with E-state index >= 15 is 0 Å². The van der Waals surface area contributed by atoms with Crippen LogP contribution in [0.15, 0.2) is 60.9 Å². The molecule has 4 heteroatoms. The molecular formula is C20H19N3O. The molecule has 0 saturated heterocycles.